The molecule has 0 spiro atoms. The number of benzene rings is 1. The monoisotopic (exact) mass is 305 g/mol. The molecule has 1 amide bonds. The number of fused-ring (bicyclic) bond motifs is 2. The first-order valence-corrected chi connectivity index (χ1v) is 7.33. The van der Waals surface area contributed by atoms with Crippen LogP contribution in [0.4, 0.5) is 0 Å². The number of rotatable bonds is 3. The first-order chi connectivity index (χ1) is 11.2. The van der Waals surface area contributed by atoms with Crippen molar-refractivity contribution < 1.29 is 4.79 Å². The number of amides is 1. The van der Waals surface area contributed by atoms with E-state index in [-0.39, 0.29) is 5.91 Å². The van der Waals surface area contributed by atoms with Gasteiger partial charge < -0.3 is 14.9 Å². The average molecular weight is 305 g/mol. The van der Waals surface area contributed by atoms with Crippen molar-refractivity contribution in [3.8, 4) is 0 Å². The second-order valence-electron chi connectivity index (χ2n) is 5.44. The minimum atomic E-state index is -0.116. The fourth-order valence-corrected chi connectivity index (χ4v) is 2.74. The quantitative estimate of drug-likeness (QED) is 0.610. The van der Waals surface area contributed by atoms with Gasteiger partial charge in [0.15, 0.2) is 0 Å². The van der Waals surface area contributed by atoms with Crippen molar-refractivity contribution in [2.24, 2.45) is 7.05 Å². The summed E-state index contributed by atoms with van der Waals surface area (Å²) in [5.41, 5.74) is 4.30. The number of aryl methyl sites for hydroxylation is 1. The van der Waals surface area contributed by atoms with E-state index in [0.29, 0.717) is 12.2 Å². The van der Waals surface area contributed by atoms with Crippen LogP contribution in [0, 0.1) is 0 Å². The van der Waals surface area contributed by atoms with Crippen LogP contribution in [-0.4, -0.2) is 25.4 Å². The lowest BCUT2D eigenvalue weighted by molar-refractivity contribution is 0.0943. The predicted octanol–water partition coefficient (Wildman–Crippen LogP) is 2.38. The largest absolute Gasteiger partial charge is 0.347 e. The number of hydrogen-bond acceptors (Lipinski definition) is 3. The number of H-pyrrole nitrogens is 1. The molecule has 23 heavy (non-hydrogen) atoms. The van der Waals surface area contributed by atoms with Crippen molar-refractivity contribution in [2.75, 3.05) is 0 Å². The molecule has 3 heterocycles. The summed E-state index contributed by atoms with van der Waals surface area (Å²) in [6.07, 6.45) is 3.39. The molecule has 0 aliphatic heterocycles. The van der Waals surface area contributed by atoms with Gasteiger partial charge in [0.05, 0.1) is 17.4 Å². The van der Waals surface area contributed by atoms with E-state index in [1.165, 1.54) is 0 Å². The third-order valence-electron chi connectivity index (χ3n) is 3.96. The minimum Gasteiger partial charge on any atom is -0.347 e. The Balaban J connectivity index is 1.55. The summed E-state index contributed by atoms with van der Waals surface area (Å²) >= 11 is 0. The normalized spacial score (nSPS) is 11.2. The standard InChI is InChI=1S/C17H15N5O/c1-22-15(8-12-3-2-6-18-16(12)22)17(23)19-9-11-4-5-13-14(7-11)21-10-20-13/h2-8,10H,9H2,1H3,(H,19,23)(H,20,21). The fraction of sp³-hybridized carbons (Fsp3) is 0.118. The van der Waals surface area contributed by atoms with Gasteiger partial charge in [0.1, 0.15) is 11.3 Å². The maximum Gasteiger partial charge on any atom is 0.268 e. The van der Waals surface area contributed by atoms with Gasteiger partial charge in [-0.3, -0.25) is 4.79 Å². The number of pyridine rings is 1. The Bertz CT molecular complexity index is 1010. The van der Waals surface area contributed by atoms with Crippen LogP contribution < -0.4 is 5.32 Å². The third kappa shape index (κ3) is 2.34. The topological polar surface area (TPSA) is 75.6 Å². The molecule has 6 nitrogen and oxygen atoms in total. The number of carbonyl (C=O) groups excluding carboxylic acids is 1. The maximum atomic E-state index is 12.4. The van der Waals surface area contributed by atoms with E-state index in [4.69, 9.17) is 0 Å². The molecule has 0 unspecified atom stereocenters. The van der Waals surface area contributed by atoms with E-state index < -0.39 is 0 Å². The SMILES string of the molecule is Cn1c(C(=O)NCc2ccc3nc[nH]c3c2)cc2cccnc21. The van der Waals surface area contributed by atoms with E-state index >= 15 is 0 Å². The van der Waals surface area contributed by atoms with Crippen molar-refractivity contribution in [2.45, 2.75) is 6.54 Å². The number of aromatic nitrogens is 4. The zero-order chi connectivity index (χ0) is 15.8. The van der Waals surface area contributed by atoms with Crippen LogP contribution in [0.1, 0.15) is 16.1 Å². The molecule has 0 aliphatic rings. The molecular formula is C17H15N5O. The first kappa shape index (κ1) is 13.5. The van der Waals surface area contributed by atoms with Crippen LogP contribution in [0.2, 0.25) is 0 Å². The lowest BCUT2D eigenvalue weighted by Gasteiger charge is -2.06. The third-order valence-corrected chi connectivity index (χ3v) is 3.96. The molecule has 114 valence electrons. The molecule has 6 heteroatoms. The van der Waals surface area contributed by atoms with Gasteiger partial charge in [-0.15, -0.1) is 0 Å². The van der Waals surface area contributed by atoms with Crippen LogP contribution in [0.25, 0.3) is 22.1 Å². The van der Waals surface area contributed by atoms with Crippen LogP contribution in [0.5, 0.6) is 0 Å². The van der Waals surface area contributed by atoms with Crippen LogP contribution in [0.15, 0.2) is 48.9 Å². The smallest absolute Gasteiger partial charge is 0.268 e. The molecule has 0 fully saturated rings. The first-order valence-electron chi connectivity index (χ1n) is 7.33. The lowest BCUT2D eigenvalue weighted by Crippen LogP contribution is -2.24. The molecule has 0 saturated carbocycles. The lowest BCUT2D eigenvalue weighted by atomic mass is 10.2. The van der Waals surface area contributed by atoms with Crippen LogP contribution in [0.3, 0.4) is 0 Å². The molecule has 4 aromatic rings. The van der Waals surface area contributed by atoms with Crippen LogP contribution in [-0.2, 0) is 13.6 Å². The van der Waals surface area contributed by atoms with Gasteiger partial charge in [-0.2, -0.15) is 0 Å². The average Bonchev–Trinajstić information content (AvgIpc) is 3.17. The molecule has 1 aromatic carbocycles. The summed E-state index contributed by atoms with van der Waals surface area (Å²) in [5, 5.41) is 3.91. The Kier molecular flexibility index (Phi) is 3.08. The van der Waals surface area contributed by atoms with Gasteiger partial charge >= 0.3 is 0 Å². The summed E-state index contributed by atoms with van der Waals surface area (Å²) in [6.45, 7) is 0.461. The summed E-state index contributed by atoms with van der Waals surface area (Å²) < 4.78 is 1.81. The van der Waals surface area contributed by atoms with Crippen molar-refractivity contribution >= 4 is 28.0 Å². The van der Waals surface area contributed by atoms with Gasteiger partial charge in [0.2, 0.25) is 0 Å². The summed E-state index contributed by atoms with van der Waals surface area (Å²) in [7, 11) is 1.85. The van der Waals surface area contributed by atoms with Gasteiger partial charge in [0.25, 0.3) is 5.91 Å². The highest BCUT2D eigenvalue weighted by Crippen LogP contribution is 2.16. The number of nitrogens with zero attached hydrogens (tertiary/aromatic N) is 3. The summed E-state index contributed by atoms with van der Waals surface area (Å²) in [4.78, 5) is 24.0. The number of carbonyl (C=O) groups is 1. The Morgan fingerprint density at radius 1 is 1.26 bits per heavy atom. The second-order valence-corrected chi connectivity index (χ2v) is 5.44. The Morgan fingerprint density at radius 3 is 3.04 bits per heavy atom. The number of imidazole rings is 1. The van der Waals surface area contributed by atoms with Crippen molar-refractivity contribution in [3.05, 3.63) is 60.2 Å². The highest BCUT2D eigenvalue weighted by Gasteiger charge is 2.13. The van der Waals surface area contributed by atoms with E-state index in [2.05, 4.69) is 20.3 Å². The number of hydrogen-bond donors (Lipinski definition) is 2. The highest BCUT2D eigenvalue weighted by molar-refractivity contribution is 5.97. The summed E-state index contributed by atoms with van der Waals surface area (Å²) in [6, 6.07) is 11.6. The van der Waals surface area contributed by atoms with Crippen LogP contribution >= 0.6 is 0 Å². The molecule has 0 radical (unpaired) electrons. The minimum absolute atomic E-state index is 0.116. The van der Waals surface area contributed by atoms with Gasteiger partial charge in [0, 0.05) is 25.2 Å². The van der Waals surface area contributed by atoms with E-state index in [0.717, 1.165) is 27.6 Å². The van der Waals surface area contributed by atoms with E-state index in [9.17, 15) is 4.79 Å². The Hall–Kier alpha value is -3.15. The highest BCUT2D eigenvalue weighted by atomic mass is 16.1. The molecule has 4 rings (SSSR count). The Labute approximate surface area is 132 Å². The maximum absolute atomic E-state index is 12.4. The Morgan fingerprint density at radius 2 is 2.17 bits per heavy atom. The number of nitrogens with one attached hydrogen (secondary N) is 2. The van der Waals surface area contributed by atoms with Crippen molar-refractivity contribution in [3.63, 3.8) is 0 Å². The van der Waals surface area contributed by atoms with Crippen molar-refractivity contribution in [1.29, 1.82) is 0 Å². The summed E-state index contributed by atoms with van der Waals surface area (Å²) in [5.74, 6) is -0.116. The van der Waals surface area contributed by atoms with Gasteiger partial charge in [-0.05, 0) is 35.9 Å². The van der Waals surface area contributed by atoms with E-state index in [1.807, 2.05) is 48.0 Å². The molecule has 0 atom stereocenters. The zero-order valence-electron chi connectivity index (χ0n) is 12.6. The molecule has 2 N–H and O–H groups in total. The molecular weight excluding hydrogens is 290 g/mol. The van der Waals surface area contributed by atoms with E-state index in [1.54, 1.807) is 12.5 Å². The zero-order valence-corrected chi connectivity index (χ0v) is 12.6. The van der Waals surface area contributed by atoms with Gasteiger partial charge in [-0.1, -0.05) is 6.07 Å². The second kappa shape index (κ2) is 5.24. The molecule has 3 aromatic heterocycles. The fourth-order valence-electron chi connectivity index (χ4n) is 2.74. The van der Waals surface area contributed by atoms with Crippen molar-refractivity contribution in [1.82, 2.24) is 24.8 Å². The predicted molar refractivity (Wildman–Crippen MR) is 88.0 cm³/mol. The molecule has 0 bridgehead atoms. The van der Waals surface area contributed by atoms with Gasteiger partial charge in [-0.25, -0.2) is 9.97 Å². The molecule has 0 aliphatic carbocycles. The molecule has 0 saturated heterocycles. The number of aromatic amines is 1.